The third kappa shape index (κ3) is 4.49. The fourth-order valence-corrected chi connectivity index (χ4v) is 4.14. The van der Waals surface area contributed by atoms with Gasteiger partial charge in [0.1, 0.15) is 5.69 Å². The number of piperidine rings is 1. The van der Waals surface area contributed by atoms with E-state index in [0.717, 1.165) is 31.2 Å². The summed E-state index contributed by atoms with van der Waals surface area (Å²) >= 11 is 0. The van der Waals surface area contributed by atoms with Crippen LogP contribution >= 0.6 is 0 Å². The van der Waals surface area contributed by atoms with Crippen LogP contribution in [0.3, 0.4) is 0 Å². The monoisotopic (exact) mass is 418 g/mol. The number of amides is 1. The maximum absolute atomic E-state index is 13.0. The van der Waals surface area contributed by atoms with Crippen molar-refractivity contribution in [3.8, 4) is 5.69 Å². The molecule has 0 atom stereocenters. The SMILES string of the molecule is Cc1c(NC(=O)c2ccc(CN3CCC(C)CC3)cc2)c(=O)n(-c2ccccc2)n1C. The van der Waals surface area contributed by atoms with Crippen molar-refractivity contribution in [1.82, 2.24) is 14.3 Å². The van der Waals surface area contributed by atoms with Crippen molar-refractivity contribution in [2.24, 2.45) is 13.0 Å². The minimum absolute atomic E-state index is 0.240. The molecule has 1 aliphatic heterocycles. The molecule has 0 unspecified atom stereocenters. The number of carbonyl (C=O) groups excluding carboxylic acids is 1. The van der Waals surface area contributed by atoms with Gasteiger partial charge in [-0.25, -0.2) is 4.68 Å². The van der Waals surface area contributed by atoms with E-state index in [1.54, 1.807) is 9.36 Å². The average Bonchev–Trinajstić information content (AvgIpc) is 2.99. The van der Waals surface area contributed by atoms with E-state index in [9.17, 15) is 9.59 Å². The van der Waals surface area contributed by atoms with Gasteiger partial charge in [-0.3, -0.25) is 19.2 Å². The Morgan fingerprint density at radius 3 is 2.32 bits per heavy atom. The summed E-state index contributed by atoms with van der Waals surface area (Å²) in [4.78, 5) is 28.3. The summed E-state index contributed by atoms with van der Waals surface area (Å²) in [6.45, 7) is 7.32. The largest absolute Gasteiger partial charge is 0.316 e. The number of hydrogen-bond donors (Lipinski definition) is 1. The highest BCUT2D eigenvalue weighted by Gasteiger charge is 2.19. The molecule has 0 radical (unpaired) electrons. The van der Waals surface area contributed by atoms with Crippen LogP contribution in [-0.2, 0) is 13.6 Å². The molecule has 0 spiro atoms. The van der Waals surface area contributed by atoms with Crippen molar-refractivity contribution in [2.45, 2.75) is 33.2 Å². The molecule has 31 heavy (non-hydrogen) atoms. The molecule has 4 rings (SSSR count). The van der Waals surface area contributed by atoms with Crippen LogP contribution in [0.2, 0.25) is 0 Å². The van der Waals surface area contributed by atoms with Gasteiger partial charge in [-0.15, -0.1) is 0 Å². The van der Waals surface area contributed by atoms with Gasteiger partial charge in [-0.1, -0.05) is 37.3 Å². The Bertz CT molecular complexity index is 1100. The van der Waals surface area contributed by atoms with Gasteiger partial charge in [0, 0.05) is 19.2 Å². The van der Waals surface area contributed by atoms with Crippen molar-refractivity contribution in [3.63, 3.8) is 0 Å². The zero-order valence-corrected chi connectivity index (χ0v) is 18.5. The molecular weight excluding hydrogens is 388 g/mol. The highest BCUT2D eigenvalue weighted by molar-refractivity contribution is 6.04. The first-order valence-electron chi connectivity index (χ1n) is 10.9. The lowest BCUT2D eigenvalue weighted by molar-refractivity contribution is 0.102. The lowest BCUT2D eigenvalue weighted by Crippen LogP contribution is -2.32. The molecule has 1 fully saturated rings. The number of nitrogens with zero attached hydrogens (tertiary/aromatic N) is 3. The molecule has 6 heteroatoms. The second-order valence-corrected chi connectivity index (χ2v) is 8.55. The zero-order valence-electron chi connectivity index (χ0n) is 18.5. The lowest BCUT2D eigenvalue weighted by atomic mass is 9.99. The summed E-state index contributed by atoms with van der Waals surface area (Å²) in [5, 5.41) is 2.83. The maximum atomic E-state index is 13.0. The summed E-state index contributed by atoms with van der Waals surface area (Å²) in [7, 11) is 1.82. The number of nitrogens with one attached hydrogen (secondary N) is 1. The third-order valence-electron chi connectivity index (χ3n) is 6.29. The normalized spacial score (nSPS) is 15.2. The molecule has 6 nitrogen and oxygen atoms in total. The van der Waals surface area contributed by atoms with Gasteiger partial charge in [0.25, 0.3) is 11.5 Å². The highest BCUT2D eigenvalue weighted by Crippen LogP contribution is 2.19. The first-order chi connectivity index (χ1) is 14.9. The van der Waals surface area contributed by atoms with Gasteiger partial charge in [-0.2, -0.15) is 0 Å². The standard InChI is InChI=1S/C25H30N4O2/c1-18-13-15-28(16-14-18)17-20-9-11-21(12-10-20)24(30)26-23-19(2)27(3)29(25(23)31)22-7-5-4-6-8-22/h4-12,18H,13-17H2,1-3H3,(H,26,30). The number of benzene rings is 2. The summed E-state index contributed by atoms with van der Waals surface area (Å²) in [6.07, 6.45) is 2.49. The molecule has 1 saturated heterocycles. The second-order valence-electron chi connectivity index (χ2n) is 8.55. The minimum atomic E-state index is -0.274. The van der Waals surface area contributed by atoms with Crippen LogP contribution in [0.25, 0.3) is 5.69 Å². The summed E-state index contributed by atoms with van der Waals surface area (Å²) < 4.78 is 3.32. The van der Waals surface area contributed by atoms with Crippen molar-refractivity contribution in [3.05, 3.63) is 81.8 Å². The van der Waals surface area contributed by atoms with E-state index in [4.69, 9.17) is 0 Å². The van der Waals surface area contributed by atoms with Crippen LogP contribution in [0.1, 0.15) is 41.4 Å². The van der Waals surface area contributed by atoms with Crippen molar-refractivity contribution in [1.29, 1.82) is 0 Å². The number of para-hydroxylation sites is 1. The minimum Gasteiger partial charge on any atom is -0.316 e. The molecule has 1 aromatic heterocycles. The fraction of sp³-hybridized carbons (Fsp3) is 0.360. The average molecular weight is 419 g/mol. The van der Waals surface area contributed by atoms with Gasteiger partial charge in [0.15, 0.2) is 0 Å². The van der Waals surface area contributed by atoms with E-state index >= 15 is 0 Å². The molecule has 0 aliphatic carbocycles. The van der Waals surface area contributed by atoms with Crippen molar-refractivity contribution < 1.29 is 4.79 Å². The highest BCUT2D eigenvalue weighted by atomic mass is 16.2. The van der Waals surface area contributed by atoms with Crippen LogP contribution in [0.15, 0.2) is 59.4 Å². The van der Waals surface area contributed by atoms with Crippen molar-refractivity contribution >= 4 is 11.6 Å². The number of hydrogen-bond acceptors (Lipinski definition) is 3. The number of anilines is 1. The van der Waals surface area contributed by atoms with Crippen LogP contribution in [0, 0.1) is 12.8 Å². The van der Waals surface area contributed by atoms with E-state index in [1.165, 1.54) is 18.4 Å². The van der Waals surface area contributed by atoms with Crippen molar-refractivity contribution in [2.75, 3.05) is 18.4 Å². The Labute approximate surface area is 183 Å². The third-order valence-corrected chi connectivity index (χ3v) is 6.29. The first kappa shape index (κ1) is 21.1. The van der Waals surface area contributed by atoms with E-state index in [-0.39, 0.29) is 11.5 Å². The van der Waals surface area contributed by atoms with Gasteiger partial charge in [0.2, 0.25) is 0 Å². The van der Waals surface area contributed by atoms with Gasteiger partial charge in [0.05, 0.1) is 11.4 Å². The Hall–Kier alpha value is -3.12. The molecule has 2 heterocycles. The Morgan fingerprint density at radius 1 is 1.03 bits per heavy atom. The molecule has 1 amide bonds. The second kappa shape index (κ2) is 8.94. The van der Waals surface area contributed by atoms with E-state index in [0.29, 0.717) is 16.9 Å². The van der Waals surface area contributed by atoms with Crippen LogP contribution in [0.5, 0.6) is 0 Å². The quantitative estimate of drug-likeness (QED) is 0.682. The number of rotatable bonds is 5. The Kier molecular flexibility index (Phi) is 6.09. The molecule has 162 valence electrons. The molecule has 3 aromatic rings. The fourth-order valence-electron chi connectivity index (χ4n) is 4.14. The summed E-state index contributed by atoms with van der Waals surface area (Å²) in [5.41, 5.74) is 3.28. The molecule has 0 saturated carbocycles. The van der Waals surface area contributed by atoms with E-state index < -0.39 is 0 Å². The molecular formula is C25H30N4O2. The summed E-state index contributed by atoms with van der Waals surface area (Å²) in [6, 6.07) is 17.1. The van der Waals surface area contributed by atoms with E-state index in [1.807, 2.05) is 68.6 Å². The number of carbonyl (C=O) groups is 1. The van der Waals surface area contributed by atoms with Gasteiger partial charge < -0.3 is 5.32 Å². The predicted octanol–water partition coefficient (Wildman–Crippen LogP) is 3.97. The molecule has 2 aromatic carbocycles. The van der Waals surface area contributed by atoms with Crippen LogP contribution in [-0.4, -0.2) is 33.3 Å². The van der Waals surface area contributed by atoms with E-state index in [2.05, 4.69) is 17.1 Å². The Morgan fingerprint density at radius 2 is 1.68 bits per heavy atom. The lowest BCUT2D eigenvalue weighted by Gasteiger charge is -2.30. The smallest absolute Gasteiger partial charge is 0.295 e. The van der Waals surface area contributed by atoms with Gasteiger partial charge in [-0.05, 0) is 68.6 Å². The molecule has 0 bridgehead atoms. The number of likely N-dealkylation sites (tertiary alicyclic amines) is 1. The Balaban J connectivity index is 1.48. The topological polar surface area (TPSA) is 59.3 Å². The van der Waals surface area contributed by atoms with Crippen LogP contribution in [0.4, 0.5) is 5.69 Å². The molecule has 1 N–H and O–H groups in total. The number of aromatic nitrogens is 2. The predicted molar refractivity (Wildman–Crippen MR) is 124 cm³/mol. The molecule has 1 aliphatic rings. The maximum Gasteiger partial charge on any atom is 0.295 e. The summed E-state index contributed by atoms with van der Waals surface area (Å²) in [5.74, 6) is 0.541. The first-order valence-corrected chi connectivity index (χ1v) is 10.9. The zero-order chi connectivity index (χ0) is 22.0. The van der Waals surface area contributed by atoms with Crippen LogP contribution < -0.4 is 10.9 Å². The van der Waals surface area contributed by atoms with Gasteiger partial charge >= 0.3 is 0 Å².